The minimum absolute atomic E-state index is 0.0238. The van der Waals surface area contributed by atoms with Gasteiger partial charge in [0, 0.05) is 5.56 Å². The van der Waals surface area contributed by atoms with E-state index in [1.54, 1.807) is 6.07 Å². The smallest absolute Gasteiger partial charge is 0.426 e. The maximum absolute atomic E-state index is 14.8. The lowest BCUT2D eigenvalue weighted by Gasteiger charge is -2.19. The molecule has 0 bridgehead atoms. The summed E-state index contributed by atoms with van der Waals surface area (Å²) in [6, 6.07) is 14.6. The lowest BCUT2D eigenvalue weighted by atomic mass is 9.99. The first kappa shape index (κ1) is 23.4. The van der Waals surface area contributed by atoms with E-state index in [4.69, 9.17) is 0 Å². The molecule has 0 unspecified atom stereocenters. The summed E-state index contributed by atoms with van der Waals surface area (Å²) in [7, 11) is 0. The van der Waals surface area contributed by atoms with E-state index in [0.29, 0.717) is 5.56 Å². The van der Waals surface area contributed by atoms with Crippen molar-refractivity contribution in [1.29, 1.82) is 0 Å². The van der Waals surface area contributed by atoms with Crippen LogP contribution in [0.4, 0.5) is 30.7 Å². The average molecular weight is 476 g/mol. The normalized spacial score (nSPS) is 11.5. The molecular formula is C26H15F7O. The van der Waals surface area contributed by atoms with Crippen LogP contribution in [0.2, 0.25) is 0 Å². The second kappa shape index (κ2) is 8.85. The Bertz CT molecular complexity index is 1340. The van der Waals surface area contributed by atoms with Crippen LogP contribution in [0.5, 0.6) is 5.75 Å². The van der Waals surface area contributed by atoms with Gasteiger partial charge in [-0.25, -0.2) is 22.0 Å². The second-order valence-corrected chi connectivity index (χ2v) is 7.58. The van der Waals surface area contributed by atoms with Crippen molar-refractivity contribution >= 4 is 0 Å². The van der Waals surface area contributed by atoms with Gasteiger partial charge < -0.3 is 4.74 Å². The van der Waals surface area contributed by atoms with Gasteiger partial charge in [0.2, 0.25) is 0 Å². The molecule has 0 spiro atoms. The molecule has 0 amide bonds. The first-order chi connectivity index (χ1) is 16.0. The van der Waals surface area contributed by atoms with E-state index in [2.05, 4.69) is 4.74 Å². The molecule has 34 heavy (non-hydrogen) atoms. The molecule has 0 heterocycles. The van der Waals surface area contributed by atoms with Crippen molar-refractivity contribution in [1.82, 2.24) is 0 Å². The van der Waals surface area contributed by atoms with Crippen LogP contribution in [0.1, 0.15) is 11.1 Å². The maximum atomic E-state index is 14.8. The summed E-state index contributed by atoms with van der Waals surface area (Å²) in [6.07, 6.45) is -4.38. The number of hydrogen-bond donors (Lipinski definition) is 0. The fraction of sp³-hybridized carbons (Fsp3) is 0.0769. The summed E-state index contributed by atoms with van der Waals surface area (Å²) < 4.78 is 102. The quantitative estimate of drug-likeness (QED) is 0.209. The van der Waals surface area contributed by atoms with E-state index in [9.17, 15) is 30.7 Å². The number of hydrogen-bond acceptors (Lipinski definition) is 1. The lowest BCUT2D eigenvalue weighted by Crippen LogP contribution is -2.23. The molecule has 4 aromatic carbocycles. The molecule has 0 saturated heterocycles. The highest BCUT2D eigenvalue weighted by Crippen LogP contribution is 2.36. The molecule has 174 valence electrons. The van der Waals surface area contributed by atoms with Gasteiger partial charge in [0.05, 0.1) is 5.56 Å². The predicted octanol–water partition coefficient (Wildman–Crippen LogP) is 8.15. The van der Waals surface area contributed by atoms with Crippen LogP contribution in [-0.4, -0.2) is 0 Å². The molecule has 0 aliphatic heterocycles. The third-order valence-corrected chi connectivity index (χ3v) is 5.15. The predicted molar refractivity (Wildman–Crippen MR) is 113 cm³/mol. The largest absolute Gasteiger partial charge is 0.427 e. The molecule has 0 N–H and O–H groups in total. The highest BCUT2D eigenvalue weighted by Gasteiger charge is 2.37. The van der Waals surface area contributed by atoms with Gasteiger partial charge in [0.1, 0.15) is 5.82 Å². The van der Waals surface area contributed by atoms with E-state index in [1.807, 2.05) is 31.2 Å². The van der Waals surface area contributed by atoms with Crippen molar-refractivity contribution in [3.05, 3.63) is 113 Å². The van der Waals surface area contributed by atoms with Crippen molar-refractivity contribution in [2.24, 2.45) is 0 Å². The summed E-state index contributed by atoms with van der Waals surface area (Å²) >= 11 is 0. The van der Waals surface area contributed by atoms with Crippen molar-refractivity contribution in [3.8, 4) is 28.0 Å². The zero-order chi connectivity index (χ0) is 24.6. The van der Waals surface area contributed by atoms with Crippen LogP contribution in [0.15, 0.2) is 72.8 Å². The van der Waals surface area contributed by atoms with Gasteiger partial charge in [-0.2, -0.15) is 8.78 Å². The molecule has 0 atom stereocenters. The van der Waals surface area contributed by atoms with Crippen molar-refractivity contribution in [2.75, 3.05) is 0 Å². The zero-order valence-corrected chi connectivity index (χ0v) is 17.5. The summed E-state index contributed by atoms with van der Waals surface area (Å²) in [5.41, 5.74) is 1.15. The van der Waals surface area contributed by atoms with Crippen LogP contribution in [0, 0.1) is 36.0 Å². The van der Waals surface area contributed by atoms with Crippen LogP contribution < -0.4 is 4.74 Å². The van der Waals surface area contributed by atoms with Gasteiger partial charge >= 0.3 is 6.11 Å². The minimum atomic E-state index is -4.38. The Hall–Kier alpha value is -3.81. The second-order valence-electron chi connectivity index (χ2n) is 7.58. The first-order valence-electron chi connectivity index (χ1n) is 9.93. The summed E-state index contributed by atoms with van der Waals surface area (Å²) in [5.74, 6) is -8.49. The molecule has 0 fully saturated rings. The Morgan fingerprint density at radius 1 is 0.588 bits per heavy atom. The number of aryl methyl sites for hydroxylation is 1. The Labute approximate surface area is 190 Å². The molecule has 8 heteroatoms. The van der Waals surface area contributed by atoms with Crippen molar-refractivity contribution in [3.63, 3.8) is 0 Å². The van der Waals surface area contributed by atoms with Gasteiger partial charge in [-0.05, 0) is 53.9 Å². The highest BCUT2D eigenvalue weighted by molar-refractivity contribution is 5.71. The summed E-state index contributed by atoms with van der Waals surface area (Å²) in [5, 5.41) is 0. The molecule has 1 nitrogen and oxygen atoms in total. The molecular weight excluding hydrogens is 461 g/mol. The lowest BCUT2D eigenvalue weighted by molar-refractivity contribution is -0.187. The number of halogens is 7. The third-order valence-electron chi connectivity index (χ3n) is 5.15. The molecule has 4 rings (SSSR count). The first-order valence-corrected chi connectivity index (χ1v) is 9.93. The average Bonchev–Trinajstić information content (AvgIpc) is 2.79. The van der Waals surface area contributed by atoms with E-state index in [0.717, 1.165) is 29.3 Å². The van der Waals surface area contributed by atoms with Gasteiger partial charge in [0.25, 0.3) is 0 Å². The minimum Gasteiger partial charge on any atom is -0.426 e. The van der Waals surface area contributed by atoms with Crippen LogP contribution in [-0.2, 0) is 6.11 Å². The Balaban J connectivity index is 1.60. The van der Waals surface area contributed by atoms with E-state index in [-0.39, 0.29) is 23.3 Å². The van der Waals surface area contributed by atoms with Crippen molar-refractivity contribution in [2.45, 2.75) is 13.0 Å². The van der Waals surface area contributed by atoms with E-state index < -0.39 is 46.5 Å². The fourth-order valence-corrected chi connectivity index (χ4v) is 3.35. The number of ether oxygens (including phenoxy) is 1. The maximum Gasteiger partial charge on any atom is 0.427 e. The van der Waals surface area contributed by atoms with E-state index >= 15 is 0 Å². The monoisotopic (exact) mass is 476 g/mol. The Kier molecular flexibility index (Phi) is 6.08. The standard InChI is InChI=1S/C26H15F7O/c1-14-2-4-15(5-3-14)16-6-8-19(20(27)10-16)17-7-9-24(21(28)11-17)34-26(32,33)18-12-22(29)25(31)23(30)13-18/h2-13H,1H3. The molecule has 0 aliphatic carbocycles. The molecule has 0 radical (unpaired) electrons. The molecule has 0 saturated carbocycles. The van der Waals surface area contributed by atoms with Crippen LogP contribution in [0.3, 0.4) is 0 Å². The highest BCUT2D eigenvalue weighted by atomic mass is 19.3. The Morgan fingerprint density at radius 3 is 1.74 bits per heavy atom. The number of rotatable bonds is 5. The molecule has 0 aromatic heterocycles. The van der Waals surface area contributed by atoms with Gasteiger partial charge in [-0.15, -0.1) is 0 Å². The molecule has 4 aromatic rings. The van der Waals surface area contributed by atoms with E-state index in [1.165, 1.54) is 12.1 Å². The SMILES string of the molecule is Cc1ccc(-c2ccc(-c3ccc(OC(F)(F)c4cc(F)c(F)c(F)c4)c(F)c3)c(F)c2)cc1. The third kappa shape index (κ3) is 4.62. The van der Waals surface area contributed by atoms with Gasteiger partial charge in [-0.1, -0.05) is 48.0 Å². The van der Waals surface area contributed by atoms with Crippen LogP contribution in [0.25, 0.3) is 22.3 Å². The number of benzene rings is 4. The van der Waals surface area contributed by atoms with Gasteiger partial charge in [-0.3, -0.25) is 0 Å². The summed E-state index contributed by atoms with van der Waals surface area (Å²) in [4.78, 5) is 0. The molecule has 0 aliphatic rings. The Morgan fingerprint density at radius 2 is 1.15 bits per heavy atom. The van der Waals surface area contributed by atoms with Gasteiger partial charge in [0.15, 0.2) is 29.0 Å². The summed E-state index contributed by atoms with van der Waals surface area (Å²) in [6.45, 7) is 1.92. The fourth-order valence-electron chi connectivity index (χ4n) is 3.35. The van der Waals surface area contributed by atoms with Crippen LogP contribution >= 0.6 is 0 Å². The van der Waals surface area contributed by atoms with Crippen molar-refractivity contribution < 1.29 is 35.5 Å². The topological polar surface area (TPSA) is 9.23 Å². The number of alkyl halides is 2. The zero-order valence-electron chi connectivity index (χ0n) is 17.5.